The van der Waals surface area contributed by atoms with Crippen molar-refractivity contribution < 1.29 is 19.7 Å². The molecule has 136 valence electrons. The largest absolute Gasteiger partial charge is 0.481 e. The lowest BCUT2D eigenvalue weighted by Crippen LogP contribution is -2.00. The van der Waals surface area contributed by atoms with E-state index in [-0.39, 0.29) is 12.5 Å². The highest BCUT2D eigenvalue weighted by molar-refractivity contribution is 5.66. The number of carboxylic acids is 1. The topological polar surface area (TPSA) is 70.1 Å². The maximum Gasteiger partial charge on any atom is 0.303 e. The van der Waals surface area contributed by atoms with Crippen molar-refractivity contribution in [1.82, 2.24) is 0 Å². The molecule has 0 radical (unpaired) electrons. The van der Waals surface area contributed by atoms with Crippen molar-refractivity contribution >= 4 is 5.97 Å². The van der Waals surface area contributed by atoms with Crippen LogP contribution in [0.2, 0.25) is 0 Å². The van der Waals surface area contributed by atoms with Gasteiger partial charge in [0.15, 0.2) is 0 Å². The zero-order chi connectivity index (χ0) is 17.6. The molecule has 1 saturated heterocycles. The Morgan fingerprint density at radius 2 is 1.96 bits per heavy atom. The minimum atomic E-state index is -0.741. The fraction of sp³-hybridized carbons (Fsp3) is 0.650. The molecule has 1 aliphatic rings. The second-order valence-corrected chi connectivity index (χ2v) is 6.29. The summed E-state index contributed by atoms with van der Waals surface area (Å²) in [6, 6.07) is 0. The molecule has 0 amide bonds. The second kappa shape index (κ2) is 13.0. The standard InChI is InChI=1S/C20H32O4/c1-2-3-9-13-18-19(24-18)16-15-17(21)12-10-7-5-4-6-8-11-14-20(22)23/h4,6-7,10,15-19,21H,2-3,5,8-9,11-14H2,1H3,(H,22,23)/b6-4-,10-7-,16-15+/t17-,18-,19-/m0/s1. The first-order valence-corrected chi connectivity index (χ1v) is 9.17. The number of ether oxygens (including phenoxy) is 1. The highest BCUT2D eigenvalue weighted by Gasteiger charge is 2.35. The Morgan fingerprint density at radius 1 is 1.17 bits per heavy atom. The average molecular weight is 336 g/mol. The van der Waals surface area contributed by atoms with Crippen molar-refractivity contribution in [3.63, 3.8) is 0 Å². The van der Waals surface area contributed by atoms with Crippen LogP contribution in [0.4, 0.5) is 0 Å². The van der Waals surface area contributed by atoms with Gasteiger partial charge in [-0.1, -0.05) is 62.6 Å². The van der Waals surface area contributed by atoms with Gasteiger partial charge < -0.3 is 14.9 Å². The number of unbranched alkanes of at least 4 members (excludes halogenated alkanes) is 3. The maximum absolute atomic E-state index is 10.3. The molecule has 1 heterocycles. The Labute approximate surface area is 145 Å². The summed E-state index contributed by atoms with van der Waals surface area (Å²) in [7, 11) is 0. The average Bonchev–Trinajstić information content (AvgIpc) is 3.30. The van der Waals surface area contributed by atoms with Crippen molar-refractivity contribution in [3.8, 4) is 0 Å². The minimum absolute atomic E-state index is 0.203. The molecule has 0 unspecified atom stereocenters. The molecule has 0 aromatic carbocycles. The summed E-state index contributed by atoms with van der Waals surface area (Å²) in [5.41, 5.74) is 0. The Hall–Kier alpha value is -1.39. The molecule has 0 saturated carbocycles. The third-order valence-corrected chi connectivity index (χ3v) is 3.98. The number of hydrogen-bond acceptors (Lipinski definition) is 3. The number of hydrogen-bond donors (Lipinski definition) is 2. The van der Waals surface area contributed by atoms with Gasteiger partial charge in [-0.2, -0.15) is 0 Å². The zero-order valence-corrected chi connectivity index (χ0v) is 14.8. The van der Waals surface area contributed by atoms with Crippen LogP contribution in [-0.4, -0.2) is 34.5 Å². The van der Waals surface area contributed by atoms with Crippen LogP contribution in [0, 0.1) is 0 Å². The van der Waals surface area contributed by atoms with Gasteiger partial charge in [0.2, 0.25) is 0 Å². The van der Waals surface area contributed by atoms with E-state index in [0.717, 1.165) is 19.3 Å². The monoisotopic (exact) mass is 336 g/mol. The van der Waals surface area contributed by atoms with Crippen molar-refractivity contribution in [1.29, 1.82) is 0 Å². The number of rotatable bonds is 14. The van der Waals surface area contributed by atoms with E-state index in [1.807, 2.05) is 36.5 Å². The number of epoxide rings is 1. The van der Waals surface area contributed by atoms with E-state index < -0.39 is 12.1 Å². The highest BCUT2D eigenvalue weighted by atomic mass is 16.6. The number of allylic oxidation sites excluding steroid dienone is 3. The van der Waals surface area contributed by atoms with Crippen LogP contribution in [0.5, 0.6) is 0 Å². The molecule has 1 fully saturated rings. The first-order chi connectivity index (χ1) is 11.6. The predicted octanol–water partition coefficient (Wildman–Crippen LogP) is 4.40. The van der Waals surface area contributed by atoms with Crippen LogP contribution in [0.25, 0.3) is 0 Å². The molecule has 0 spiro atoms. The third-order valence-electron chi connectivity index (χ3n) is 3.98. The summed E-state index contributed by atoms with van der Waals surface area (Å²) in [5, 5.41) is 18.4. The summed E-state index contributed by atoms with van der Waals surface area (Å²) in [4.78, 5) is 10.3. The number of carbonyl (C=O) groups is 1. The lowest BCUT2D eigenvalue weighted by atomic mass is 10.1. The first kappa shape index (κ1) is 20.7. The number of aliphatic carboxylic acids is 1. The molecule has 0 bridgehead atoms. The zero-order valence-electron chi connectivity index (χ0n) is 14.8. The molecular formula is C20H32O4. The quantitative estimate of drug-likeness (QED) is 0.280. The second-order valence-electron chi connectivity index (χ2n) is 6.29. The Balaban J connectivity index is 2.01. The van der Waals surface area contributed by atoms with E-state index >= 15 is 0 Å². The van der Waals surface area contributed by atoms with Crippen LogP contribution in [0.15, 0.2) is 36.5 Å². The molecular weight excluding hydrogens is 304 g/mol. The molecule has 2 N–H and O–H groups in total. The molecule has 3 atom stereocenters. The van der Waals surface area contributed by atoms with Gasteiger partial charge in [-0.25, -0.2) is 0 Å². The molecule has 1 rings (SSSR count). The van der Waals surface area contributed by atoms with E-state index in [1.165, 1.54) is 19.3 Å². The molecule has 0 aromatic rings. The van der Waals surface area contributed by atoms with Crippen molar-refractivity contribution in [2.75, 3.05) is 0 Å². The van der Waals surface area contributed by atoms with Crippen LogP contribution in [0.3, 0.4) is 0 Å². The van der Waals surface area contributed by atoms with Crippen LogP contribution in [-0.2, 0) is 9.53 Å². The van der Waals surface area contributed by atoms with Crippen LogP contribution < -0.4 is 0 Å². The van der Waals surface area contributed by atoms with Crippen molar-refractivity contribution in [3.05, 3.63) is 36.5 Å². The minimum Gasteiger partial charge on any atom is -0.481 e. The fourth-order valence-electron chi connectivity index (χ4n) is 2.47. The van der Waals surface area contributed by atoms with Gasteiger partial charge in [-0.05, 0) is 32.1 Å². The lowest BCUT2D eigenvalue weighted by Gasteiger charge is -1.99. The Morgan fingerprint density at radius 3 is 2.71 bits per heavy atom. The smallest absolute Gasteiger partial charge is 0.303 e. The third kappa shape index (κ3) is 11.2. The van der Waals surface area contributed by atoms with Gasteiger partial charge in [0.05, 0.1) is 12.2 Å². The normalized spacial score (nSPS) is 21.9. The number of carboxylic acid groups (broad SMARTS) is 1. The number of aliphatic hydroxyl groups is 1. The van der Waals surface area contributed by atoms with Gasteiger partial charge in [-0.3, -0.25) is 4.79 Å². The maximum atomic E-state index is 10.3. The van der Waals surface area contributed by atoms with Crippen LogP contribution >= 0.6 is 0 Å². The summed E-state index contributed by atoms with van der Waals surface area (Å²) in [5.74, 6) is -0.741. The van der Waals surface area contributed by atoms with Crippen molar-refractivity contribution in [2.45, 2.75) is 83.0 Å². The summed E-state index contributed by atoms with van der Waals surface area (Å²) < 4.78 is 5.56. The summed E-state index contributed by atoms with van der Waals surface area (Å²) >= 11 is 0. The van der Waals surface area contributed by atoms with Gasteiger partial charge in [0.25, 0.3) is 0 Å². The van der Waals surface area contributed by atoms with Crippen LogP contribution in [0.1, 0.15) is 64.7 Å². The molecule has 1 aliphatic heterocycles. The molecule has 0 aliphatic carbocycles. The molecule has 0 aromatic heterocycles. The fourth-order valence-corrected chi connectivity index (χ4v) is 2.47. The van der Waals surface area contributed by atoms with Gasteiger partial charge in [0.1, 0.15) is 6.10 Å². The predicted molar refractivity (Wildman–Crippen MR) is 97.0 cm³/mol. The van der Waals surface area contributed by atoms with E-state index in [4.69, 9.17) is 9.84 Å². The van der Waals surface area contributed by atoms with E-state index in [0.29, 0.717) is 18.9 Å². The Bertz CT molecular complexity index is 425. The van der Waals surface area contributed by atoms with Crippen molar-refractivity contribution in [2.24, 2.45) is 0 Å². The Kier molecular flexibility index (Phi) is 11.2. The number of aliphatic hydroxyl groups excluding tert-OH is 1. The molecule has 24 heavy (non-hydrogen) atoms. The summed E-state index contributed by atoms with van der Waals surface area (Å²) in [6.07, 6.45) is 19.9. The van der Waals surface area contributed by atoms with E-state index in [9.17, 15) is 9.90 Å². The summed E-state index contributed by atoms with van der Waals surface area (Å²) in [6.45, 7) is 2.20. The first-order valence-electron chi connectivity index (χ1n) is 9.17. The molecule has 4 heteroatoms. The van der Waals surface area contributed by atoms with Gasteiger partial charge in [0, 0.05) is 6.42 Å². The highest BCUT2D eigenvalue weighted by Crippen LogP contribution is 2.28. The van der Waals surface area contributed by atoms with Gasteiger partial charge in [-0.15, -0.1) is 0 Å². The molecule has 4 nitrogen and oxygen atoms in total. The SMILES string of the molecule is CCCCC[C@@H]1O[C@H]1/C=C/[C@@H](O)C/C=C\C/C=C\CCCC(=O)O. The van der Waals surface area contributed by atoms with E-state index in [1.54, 1.807) is 0 Å². The van der Waals surface area contributed by atoms with E-state index in [2.05, 4.69) is 6.92 Å². The van der Waals surface area contributed by atoms with Gasteiger partial charge >= 0.3 is 5.97 Å². The lowest BCUT2D eigenvalue weighted by molar-refractivity contribution is -0.137.